The van der Waals surface area contributed by atoms with E-state index in [9.17, 15) is 9.59 Å². The summed E-state index contributed by atoms with van der Waals surface area (Å²) in [6.07, 6.45) is 3.07. The maximum atomic E-state index is 12.4. The average Bonchev–Trinajstić information content (AvgIpc) is 3.31. The van der Waals surface area contributed by atoms with Crippen LogP contribution in [0.4, 0.5) is 5.82 Å². The van der Waals surface area contributed by atoms with Gasteiger partial charge in [-0.25, -0.2) is 0 Å². The second-order valence-corrected chi connectivity index (χ2v) is 6.18. The summed E-state index contributed by atoms with van der Waals surface area (Å²) in [5.74, 6) is 0.445. The second kappa shape index (κ2) is 6.91. The SMILES string of the molecule is C=CC(=O)N1CC(n2ccc(NC(=O)c3cc(-c4ccccc4)on3)n2)C1. The van der Waals surface area contributed by atoms with Crippen LogP contribution in [0.2, 0.25) is 0 Å². The Hall–Kier alpha value is -3.68. The normalized spacial score (nSPS) is 13.9. The molecule has 0 saturated carbocycles. The summed E-state index contributed by atoms with van der Waals surface area (Å²) in [5.41, 5.74) is 1.02. The van der Waals surface area contributed by atoms with E-state index in [0.717, 1.165) is 5.56 Å². The largest absolute Gasteiger partial charge is 0.355 e. The number of benzene rings is 1. The molecule has 0 spiro atoms. The fourth-order valence-electron chi connectivity index (χ4n) is 2.84. The molecule has 1 aliphatic heterocycles. The molecule has 3 aromatic rings. The van der Waals surface area contributed by atoms with Crippen LogP contribution in [0, 0.1) is 0 Å². The number of nitrogens with one attached hydrogen (secondary N) is 1. The van der Waals surface area contributed by atoms with Crippen LogP contribution in [0.25, 0.3) is 11.3 Å². The lowest BCUT2D eigenvalue weighted by molar-refractivity contribution is -0.131. The number of carbonyl (C=O) groups is 2. The van der Waals surface area contributed by atoms with Gasteiger partial charge >= 0.3 is 0 Å². The standard InChI is InChI=1S/C19H17N5O3/c1-2-18(25)23-11-14(12-23)24-9-8-17(21-24)20-19(26)15-10-16(27-22-15)13-6-4-3-5-7-13/h2-10,14H,1,11-12H2,(H,20,21,26). The number of carbonyl (C=O) groups excluding carboxylic acids is 2. The Kier molecular flexibility index (Phi) is 4.29. The lowest BCUT2D eigenvalue weighted by atomic mass is 10.1. The maximum Gasteiger partial charge on any atom is 0.279 e. The fraction of sp³-hybridized carbons (Fsp3) is 0.158. The van der Waals surface area contributed by atoms with Crippen molar-refractivity contribution >= 4 is 17.6 Å². The van der Waals surface area contributed by atoms with E-state index in [4.69, 9.17) is 4.52 Å². The van der Waals surface area contributed by atoms with Crippen LogP contribution in [0.1, 0.15) is 16.5 Å². The average molecular weight is 363 g/mol. The van der Waals surface area contributed by atoms with E-state index in [2.05, 4.69) is 22.2 Å². The van der Waals surface area contributed by atoms with E-state index in [-0.39, 0.29) is 17.6 Å². The van der Waals surface area contributed by atoms with Gasteiger partial charge in [0.05, 0.1) is 6.04 Å². The summed E-state index contributed by atoms with van der Waals surface area (Å²) in [4.78, 5) is 25.5. The van der Waals surface area contributed by atoms with Crippen molar-refractivity contribution in [3.63, 3.8) is 0 Å². The zero-order valence-corrected chi connectivity index (χ0v) is 14.4. The van der Waals surface area contributed by atoms with Gasteiger partial charge in [-0.1, -0.05) is 42.1 Å². The minimum atomic E-state index is -0.400. The van der Waals surface area contributed by atoms with Gasteiger partial charge in [0.25, 0.3) is 5.91 Å². The van der Waals surface area contributed by atoms with Crippen LogP contribution in [0.3, 0.4) is 0 Å². The molecule has 3 heterocycles. The topological polar surface area (TPSA) is 93.3 Å². The summed E-state index contributed by atoms with van der Waals surface area (Å²) >= 11 is 0. The molecule has 27 heavy (non-hydrogen) atoms. The first-order valence-corrected chi connectivity index (χ1v) is 8.44. The number of nitrogens with zero attached hydrogens (tertiary/aromatic N) is 4. The van der Waals surface area contributed by atoms with Crippen molar-refractivity contribution in [1.82, 2.24) is 19.8 Å². The quantitative estimate of drug-likeness (QED) is 0.703. The zero-order valence-electron chi connectivity index (χ0n) is 14.4. The highest BCUT2D eigenvalue weighted by Gasteiger charge is 2.31. The van der Waals surface area contributed by atoms with Gasteiger partial charge in [0.2, 0.25) is 5.91 Å². The molecule has 0 bridgehead atoms. The highest BCUT2D eigenvalue weighted by atomic mass is 16.5. The smallest absolute Gasteiger partial charge is 0.279 e. The van der Waals surface area contributed by atoms with Crippen LogP contribution in [0.15, 0.2) is 65.8 Å². The molecule has 1 N–H and O–H groups in total. The Bertz CT molecular complexity index is 986. The first kappa shape index (κ1) is 16.8. The molecule has 0 aliphatic carbocycles. The molecule has 1 saturated heterocycles. The third-order valence-electron chi connectivity index (χ3n) is 4.37. The number of amides is 2. The first-order valence-electron chi connectivity index (χ1n) is 8.44. The Labute approximate surface area is 155 Å². The van der Waals surface area contributed by atoms with Crippen LogP contribution in [-0.2, 0) is 4.79 Å². The number of likely N-dealkylation sites (tertiary alicyclic amines) is 1. The van der Waals surface area contributed by atoms with Crippen molar-refractivity contribution in [2.75, 3.05) is 18.4 Å². The minimum absolute atomic E-state index is 0.0906. The van der Waals surface area contributed by atoms with Gasteiger partial charge in [0.15, 0.2) is 17.3 Å². The van der Waals surface area contributed by atoms with Crippen molar-refractivity contribution in [2.45, 2.75) is 6.04 Å². The zero-order chi connectivity index (χ0) is 18.8. The van der Waals surface area contributed by atoms with Gasteiger partial charge in [0, 0.05) is 37.0 Å². The Morgan fingerprint density at radius 1 is 1.22 bits per heavy atom. The third-order valence-corrected chi connectivity index (χ3v) is 4.37. The van der Waals surface area contributed by atoms with E-state index in [1.807, 2.05) is 30.3 Å². The molecule has 1 aromatic carbocycles. The van der Waals surface area contributed by atoms with Crippen LogP contribution >= 0.6 is 0 Å². The molecule has 8 heteroatoms. The predicted octanol–water partition coefficient (Wildman–Crippen LogP) is 2.36. The summed E-state index contributed by atoms with van der Waals surface area (Å²) in [6, 6.07) is 12.8. The highest BCUT2D eigenvalue weighted by molar-refractivity contribution is 6.02. The summed E-state index contributed by atoms with van der Waals surface area (Å²) < 4.78 is 6.98. The van der Waals surface area contributed by atoms with E-state index in [0.29, 0.717) is 24.7 Å². The van der Waals surface area contributed by atoms with Crippen LogP contribution in [-0.4, -0.2) is 44.7 Å². The number of hydrogen-bond acceptors (Lipinski definition) is 5. The monoisotopic (exact) mass is 363 g/mol. The summed E-state index contributed by atoms with van der Waals surface area (Å²) in [5, 5.41) is 10.9. The summed E-state index contributed by atoms with van der Waals surface area (Å²) in [6.45, 7) is 4.62. The Balaban J connectivity index is 1.38. The first-order chi connectivity index (χ1) is 13.1. The van der Waals surface area contributed by atoms with Gasteiger partial charge in [-0.2, -0.15) is 5.10 Å². The molecule has 0 radical (unpaired) electrons. The van der Waals surface area contributed by atoms with Crippen molar-refractivity contribution in [3.05, 3.63) is 67.0 Å². The molecule has 0 atom stereocenters. The van der Waals surface area contributed by atoms with E-state index in [1.165, 1.54) is 6.08 Å². The molecule has 4 rings (SSSR count). The van der Waals surface area contributed by atoms with Crippen molar-refractivity contribution in [3.8, 4) is 11.3 Å². The van der Waals surface area contributed by atoms with E-state index >= 15 is 0 Å². The Morgan fingerprint density at radius 3 is 2.74 bits per heavy atom. The maximum absolute atomic E-state index is 12.4. The second-order valence-electron chi connectivity index (χ2n) is 6.18. The Morgan fingerprint density at radius 2 is 2.00 bits per heavy atom. The minimum Gasteiger partial charge on any atom is -0.355 e. The molecule has 8 nitrogen and oxygen atoms in total. The van der Waals surface area contributed by atoms with Crippen molar-refractivity contribution < 1.29 is 14.1 Å². The summed E-state index contributed by atoms with van der Waals surface area (Å²) in [7, 11) is 0. The molecule has 2 amide bonds. The van der Waals surface area contributed by atoms with Gasteiger partial charge in [-0.15, -0.1) is 0 Å². The number of aromatic nitrogens is 3. The number of rotatable bonds is 5. The number of anilines is 1. The van der Waals surface area contributed by atoms with Gasteiger partial charge < -0.3 is 14.7 Å². The molecule has 1 fully saturated rings. The molecular formula is C19H17N5O3. The lowest BCUT2D eigenvalue weighted by Gasteiger charge is -2.38. The lowest BCUT2D eigenvalue weighted by Crippen LogP contribution is -2.50. The van der Waals surface area contributed by atoms with E-state index < -0.39 is 5.91 Å². The molecular weight excluding hydrogens is 346 g/mol. The highest BCUT2D eigenvalue weighted by Crippen LogP contribution is 2.23. The number of hydrogen-bond donors (Lipinski definition) is 1. The third kappa shape index (κ3) is 3.37. The van der Waals surface area contributed by atoms with Crippen LogP contribution in [0.5, 0.6) is 0 Å². The van der Waals surface area contributed by atoms with Crippen molar-refractivity contribution in [2.24, 2.45) is 0 Å². The van der Waals surface area contributed by atoms with E-state index in [1.54, 1.807) is 27.9 Å². The molecule has 0 unspecified atom stereocenters. The van der Waals surface area contributed by atoms with Crippen molar-refractivity contribution in [1.29, 1.82) is 0 Å². The van der Waals surface area contributed by atoms with Gasteiger partial charge in [-0.05, 0) is 6.08 Å². The molecule has 2 aromatic heterocycles. The fourth-order valence-corrected chi connectivity index (χ4v) is 2.84. The van der Waals surface area contributed by atoms with Crippen LogP contribution < -0.4 is 5.32 Å². The predicted molar refractivity (Wildman–Crippen MR) is 97.9 cm³/mol. The molecule has 136 valence electrons. The molecule has 1 aliphatic rings. The van der Waals surface area contributed by atoms with Gasteiger partial charge in [-0.3, -0.25) is 14.3 Å². The van der Waals surface area contributed by atoms with Gasteiger partial charge in [0.1, 0.15) is 0 Å².